The minimum atomic E-state index is -2.89. The van der Waals surface area contributed by atoms with E-state index in [0.717, 1.165) is 11.1 Å². The van der Waals surface area contributed by atoms with Crippen molar-refractivity contribution in [1.82, 2.24) is 10.6 Å². The van der Waals surface area contributed by atoms with Crippen molar-refractivity contribution in [3.8, 4) is 23.0 Å². The first-order valence-corrected chi connectivity index (χ1v) is 9.20. The molecule has 2 aromatic carbocycles. The normalized spacial score (nSPS) is 10.9. The number of nitrogens with one attached hydrogen (secondary N) is 2. The number of methoxy groups -OCH3 is 3. The van der Waals surface area contributed by atoms with Gasteiger partial charge in [-0.2, -0.15) is 8.78 Å². The van der Waals surface area contributed by atoms with Gasteiger partial charge in [0.1, 0.15) is 5.75 Å². The molecule has 0 amide bonds. The van der Waals surface area contributed by atoms with Crippen molar-refractivity contribution in [3.05, 3.63) is 47.0 Å². The fourth-order valence-electron chi connectivity index (χ4n) is 2.94. The summed E-state index contributed by atoms with van der Waals surface area (Å²) in [6, 6.07) is 8.68. The van der Waals surface area contributed by atoms with Gasteiger partial charge in [-0.1, -0.05) is 17.7 Å². The molecule has 0 atom stereocenters. The highest BCUT2D eigenvalue weighted by Crippen LogP contribution is 2.39. The van der Waals surface area contributed by atoms with E-state index in [-0.39, 0.29) is 36.3 Å². The number of guanidine groups is 1. The van der Waals surface area contributed by atoms with E-state index in [1.165, 1.54) is 6.07 Å². The third-order valence-corrected chi connectivity index (χ3v) is 4.33. The number of ether oxygens (including phenoxy) is 4. The Bertz CT molecular complexity index is 882. The Morgan fingerprint density at radius 3 is 2.06 bits per heavy atom. The summed E-state index contributed by atoms with van der Waals surface area (Å²) in [6.45, 7) is -0.364. The highest BCUT2D eigenvalue weighted by atomic mass is 127. The van der Waals surface area contributed by atoms with Crippen molar-refractivity contribution in [2.24, 2.45) is 4.99 Å². The van der Waals surface area contributed by atoms with E-state index in [4.69, 9.17) is 14.2 Å². The summed E-state index contributed by atoms with van der Waals surface area (Å²) in [5.41, 5.74) is 2.36. The van der Waals surface area contributed by atoms with Gasteiger partial charge < -0.3 is 29.6 Å². The van der Waals surface area contributed by atoms with Crippen LogP contribution in [0.2, 0.25) is 0 Å². The van der Waals surface area contributed by atoms with Crippen LogP contribution in [0.25, 0.3) is 0 Å². The maximum atomic E-state index is 12.7. The number of alkyl halides is 2. The molecule has 0 aromatic heterocycles. The fraction of sp³-hybridized carbons (Fsp3) is 0.381. The maximum absolute atomic E-state index is 12.7. The molecule has 0 heterocycles. The topological polar surface area (TPSA) is 73.3 Å². The van der Waals surface area contributed by atoms with Crippen LogP contribution in [0.1, 0.15) is 16.7 Å². The summed E-state index contributed by atoms with van der Waals surface area (Å²) < 4.78 is 46.1. The number of hydrogen-bond donors (Lipinski definition) is 2. The van der Waals surface area contributed by atoms with Gasteiger partial charge >= 0.3 is 6.61 Å². The Labute approximate surface area is 198 Å². The monoisotopic (exact) mass is 551 g/mol. The lowest BCUT2D eigenvalue weighted by Crippen LogP contribution is -2.36. The lowest BCUT2D eigenvalue weighted by Gasteiger charge is -2.18. The minimum Gasteiger partial charge on any atom is -0.493 e. The lowest BCUT2D eigenvalue weighted by molar-refractivity contribution is -0.0504. The average Bonchev–Trinajstić information content (AvgIpc) is 2.74. The maximum Gasteiger partial charge on any atom is 0.387 e. The average molecular weight is 551 g/mol. The highest BCUT2D eigenvalue weighted by Gasteiger charge is 2.16. The molecule has 0 aliphatic heterocycles. The highest BCUT2D eigenvalue weighted by molar-refractivity contribution is 14.0. The SMILES string of the molecule is CN=C(NCc1cc(C)ccc1OC(F)F)NCc1ccc(OC)c(OC)c1OC.I. The van der Waals surface area contributed by atoms with Gasteiger partial charge in [0, 0.05) is 31.3 Å². The summed E-state index contributed by atoms with van der Waals surface area (Å²) in [4.78, 5) is 4.17. The number of aliphatic imine (C=N–C) groups is 1. The molecule has 0 saturated heterocycles. The van der Waals surface area contributed by atoms with E-state index in [0.29, 0.717) is 35.3 Å². The number of benzene rings is 2. The standard InChI is InChI=1S/C21H27F2N3O4.HI/c1-13-6-8-16(30-20(22)23)15(10-13)12-26-21(24-2)25-11-14-7-9-17(27-3)19(29-5)18(14)28-4;/h6-10,20H,11-12H2,1-5H3,(H2,24,25,26);1H. The summed E-state index contributed by atoms with van der Waals surface area (Å²) in [7, 11) is 6.27. The zero-order valence-electron chi connectivity index (χ0n) is 18.1. The van der Waals surface area contributed by atoms with E-state index in [2.05, 4.69) is 20.4 Å². The Balaban J connectivity index is 0.00000480. The quantitative estimate of drug-likeness (QED) is 0.278. The van der Waals surface area contributed by atoms with E-state index in [9.17, 15) is 8.78 Å². The number of halogens is 3. The molecule has 0 aliphatic rings. The van der Waals surface area contributed by atoms with Crippen molar-refractivity contribution in [1.29, 1.82) is 0 Å². The van der Waals surface area contributed by atoms with E-state index >= 15 is 0 Å². The number of nitrogens with zero attached hydrogens (tertiary/aromatic N) is 1. The van der Waals surface area contributed by atoms with Gasteiger partial charge in [-0.25, -0.2) is 0 Å². The third-order valence-electron chi connectivity index (χ3n) is 4.33. The number of aryl methyl sites for hydroxylation is 1. The molecule has 7 nitrogen and oxygen atoms in total. The van der Waals surface area contributed by atoms with Gasteiger partial charge in [0.25, 0.3) is 0 Å². The van der Waals surface area contributed by atoms with Crippen molar-refractivity contribution < 1.29 is 27.7 Å². The Kier molecular flexibility index (Phi) is 11.2. The number of rotatable bonds is 9. The first-order chi connectivity index (χ1) is 14.4. The predicted octanol–water partition coefficient (Wildman–Crippen LogP) is 4.11. The Morgan fingerprint density at radius 2 is 1.52 bits per heavy atom. The van der Waals surface area contributed by atoms with E-state index in [1.807, 2.05) is 13.0 Å². The van der Waals surface area contributed by atoms with Gasteiger partial charge in [-0.3, -0.25) is 4.99 Å². The van der Waals surface area contributed by atoms with Crippen LogP contribution in [0.3, 0.4) is 0 Å². The molecule has 0 bridgehead atoms. The largest absolute Gasteiger partial charge is 0.493 e. The van der Waals surface area contributed by atoms with Gasteiger partial charge in [-0.15, -0.1) is 24.0 Å². The van der Waals surface area contributed by atoms with Crippen LogP contribution in [0, 0.1) is 6.92 Å². The Hall–Kier alpha value is -2.50. The van der Waals surface area contributed by atoms with Crippen LogP contribution in [0.15, 0.2) is 35.3 Å². The molecule has 10 heteroatoms. The van der Waals surface area contributed by atoms with E-state index in [1.54, 1.807) is 46.6 Å². The second-order valence-corrected chi connectivity index (χ2v) is 6.26. The van der Waals surface area contributed by atoms with Crippen LogP contribution >= 0.6 is 24.0 Å². The van der Waals surface area contributed by atoms with Gasteiger partial charge in [0.05, 0.1) is 21.3 Å². The second-order valence-electron chi connectivity index (χ2n) is 6.26. The summed E-state index contributed by atoms with van der Waals surface area (Å²) in [5, 5.41) is 6.27. The van der Waals surface area contributed by atoms with Gasteiger partial charge in [-0.05, 0) is 25.1 Å². The van der Waals surface area contributed by atoms with Crippen molar-refractivity contribution in [3.63, 3.8) is 0 Å². The molecular formula is C21H28F2IN3O4. The zero-order valence-corrected chi connectivity index (χ0v) is 20.5. The van der Waals surface area contributed by atoms with Crippen molar-refractivity contribution in [2.45, 2.75) is 26.6 Å². The van der Waals surface area contributed by atoms with Crippen LogP contribution in [-0.4, -0.2) is 40.9 Å². The molecule has 0 unspecified atom stereocenters. The first kappa shape index (κ1) is 26.5. The van der Waals surface area contributed by atoms with Gasteiger partial charge in [0.15, 0.2) is 17.5 Å². The third kappa shape index (κ3) is 7.30. The smallest absolute Gasteiger partial charge is 0.387 e. The summed E-state index contributed by atoms with van der Waals surface area (Å²) in [5.74, 6) is 2.21. The van der Waals surface area contributed by atoms with Gasteiger partial charge in [0.2, 0.25) is 5.75 Å². The predicted molar refractivity (Wildman–Crippen MR) is 126 cm³/mol. The van der Waals surface area contributed by atoms with Crippen LogP contribution < -0.4 is 29.6 Å². The Morgan fingerprint density at radius 1 is 0.903 bits per heavy atom. The molecule has 2 aromatic rings. The molecule has 0 aliphatic carbocycles. The molecule has 0 saturated carbocycles. The molecule has 2 rings (SSSR count). The van der Waals surface area contributed by atoms with Crippen molar-refractivity contribution in [2.75, 3.05) is 28.4 Å². The first-order valence-electron chi connectivity index (χ1n) is 9.20. The van der Waals surface area contributed by atoms with Crippen molar-refractivity contribution >= 4 is 29.9 Å². The van der Waals surface area contributed by atoms with Crippen LogP contribution in [-0.2, 0) is 13.1 Å². The molecule has 172 valence electrons. The minimum absolute atomic E-state index is 0. The molecule has 0 spiro atoms. The number of hydrogen-bond acceptors (Lipinski definition) is 5. The molecule has 2 N–H and O–H groups in total. The molecule has 0 fully saturated rings. The molecular weight excluding hydrogens is 523 g/mol. The molecule has 31 heavy (non-hydrogen) atoms. The summed E-state index contributed by atoms with van der Waals surface area (Å²) >= 11 is 0. The van der Waals surface area contributed by atoms with E-state index < -0.39 is 6.61 Å². The summed E-state index contributed by atoms with van der Waals surface area (Å²) in [6.07, 6.45) is 0. The fourth-order valence-corrected chi connectivity index (χ4v) is 2.94. The lowest BCUT2D eigenvalue weighted by atomic mass is 10.1. The molecule has 0 radical (unpaired) electrons. The van der Waals surface area contributed by atoms with Crippen LogP contribution in [0.4, 0.5) is 8.78 Å². The zero-order chi connectivity index (χ0) is 22.1. The van der Waals surface area contributed by atoms with Crippen LogP contribution in [0.5, 0.6) is 23.0 Å². The second kappa shape index (κ2) is 13.0.